The predicted octanol–water partition coefficient (Wildman–Crippen LogP) is 3.36. The van der Waals surface area contributed by atoms with E-state index < -0.39 is 23.7 Å². The fourth-order valence-corrected chi connectivity index (χ4v) is 0.389. The van der Waals surface area contributed by atoms with Gasteiger partial charge in [-0.2, -0.15) is 17.6 Å². The van der Waals surface area contributed by atoms with Gasteiger partial charge < -0.3 is 0 Å². The van der Waals surface area contributed by atoms with Gasteiger partial charge in [-0.25, -0.2) is 4.39 Å². The van der Waals surface area contributed by atoms with Crippen LogP contribution in [-0.2, 0) is 0 Å². The van der Waals surface area contributed by atoms with E-state index in [1.54, 1.807) is 0 Å². The minimum Gasteiger partial charge on any atom is -0.208 e. The molecule has 0 aromatic carbocycles. The molecule has 11 heavy (non-hydrogen) atoms. The van der Waals surface area contributed by atoms with Crippen molar-refractivity contribution in [1.29, 1.82) is 0 Å². The largest absolute Gasteiger partial charge is 0.445 e. The summed E-state index contributed by atoms with van der Waals surface area (Å²) in [5.74, 6) is -5.46. The van der Waals surface area contributed by atoms with Gasteiger partial charge >= 0.3 is 6.18 Å². The van der Waals surface area contributed by atoms with Gasteiger partial charge in [0, 0.05) is 5.92 Å². The second kappa shape index (κ2) is 3.19. The van der Waals surface area contributed by atoms with Gasteiger partial charge in [-0.3, -0.25) is 0 Å². The number of hydrogen-bond donors (Lipinski definition) is 0. The fourth-order valence-electron chi connectivity index (χ4n) is 0.389. The van der Waals surface area contributed by atoms with E-state index >= 15 is 0 Å². The van der Waals surface area contributed by atoms with Crippen LogP contribution in [0, 0.1) is 5.92 Å². The second-order valence-electron chi connectivity index (χ2n) is 2.31. The second-order valence-corrected chi connectivity index (χ2v) is 2.31. The molecule has 0 amide bonds. The molecule has 0 nitrogen and oxygen atoms in total. The van der Waals surface area contributed by atoms with Crippen molar-refractivity contribution in [3.8, 4) is 0 Å². The Bertz CT molecular complexity index is 164. The molecule has 0 aliphatic carbocycles. The topological polar surface area (TPSA) is 0 Å². The van der Waals surface area contributed by atoms with Gasteiger partial charge in [0.05, 0.1) is 0 Å². The highest BCUT2D eigenvalue weighted by Crippen LogP contribution is 2.32. The van der Waals surface area contributed by atoms with Crippen LogP contribution in [-0.4, -0.2) is 6.18 Å². The average Bonchev–Trinajstić information content (AvgIpc) is 1.82. The molecule has 0 rings (SSSR count). The minimum atomic E-state index is -5.20. The molecule has 0 heterocycles. The molecule has 0 spiro atoms. The molecule has 0 atom stereocenters. The monoisotopic (exact) mass is 174 g/mol. The minimum absolute atomic E-state index is 1.07. The molecule has 0 saturated heterocycles. The molecule has 0 radical (unpaired) electrons. The quantitative estimate of drug-likeness (QED) is 0.534. The zero-order chi connectivity index (χ0) is 9.23. The van der Waals surface area contributed by atoms with Crippen LogP contribution in [0.25, 0.3) is 0 Å². The zero-order valence-electron chi connectivity index (χ0n) is 5.97. The van der Waals surface area contributed by atoms with Crippen molar-refractivity contribution in [3.63, 3.8) is 0 Å². The summed E-state index contributed by atoms with van der Waals surface area (Å²) in [6.07, 6.45) is -5.20. The summed E-state index contributed by atoms with van der Waals surface area (Å²) in [5.41, 5.74) is 0. The molecule has 0 saturated carbocycles. The van der Waals surface area contributed by atoms with Crippen LogP contribution >= 0.6 is 0 Å². The first-order valence-corrected chi connectivity index (χ1v) is 2.89. The molecular weight excluding hydrogens is 167 g/mol. The molecule has 66 valence electrons. The third kappa shape index (κ3) is 2.86. The molecule has 0 aliphatic rings. The van der Waals surface area contributed by atoms with Gasteiger partial charge in [0.1, 0.15) is 5.83 Å². The standard InChI is InChI=1S/C6H7F5/c1-3(2)4(7)5(8)6(9,10)11/h3H,1-2H3/b5-4-. The number of rotatable bonds is 1. The molecule has 0 aromatic rings. The van der Waals surface area contributed by atoms with E-state index in [1.807, 2.05) is 0 Å². The Morgan fingerprint density at radius 2 is 1.45 bits per heavy atom. The lowest BCUT2D eigenvalue weighted by atomic mass is 10.2. The third-order valence-corrected chi connectivity index (χ3v) is 0.965. The van der Waals surface area contributed by atoms with Crippen molar-refractivity contribution < 1.29 is 22.0 Å². The number of allylic oxidation sites excluding steroid dienone is 2. The van der Waals surface area contributed by atoms with E-state index in [0.29, 0.717) is 0 Å². The average molecular weight is 174 g/mol. The Labute approximate surface area is 60.7 Å². The van der Waals surface area contributed by atoms with Crippen LogP contribution in [0.1, 0.15) is 13.8 Å². The van der Waals surface area contributed by atoms with Gasteiger partial charge in [-0.15, -0.1) is 0 Å². The normalized spacial score (nSPS) is 15.3. The summed E-state index contributed by atoms with van der Waals surface area (Å²) >= 11 is 0. The van der Waals surface area contributed by atoms with Crippen LogP contribution in [0.5, 0.6) is 0 Å². The van der Waals surface area contributed by atoms with Crippen LogP contribution in [0.4, 0.5) is 22.0 Å². The summed E-state index contributed by atoms with van der Waals surface area (Å²) < 4.78 is 58.3. The van der Waals surface area contributed by atoms with Gasteiger partial charge in [0.25, 0.3) is 0 Å². The third-order valence-electron chi connectivity index (χ3n) is 0.965. The number of halogens is 5. The first-order chi connectivity index (χ1) is 4.76. The van der Waals surface area contributed by atoms with Crippen LogP contribution in [0.2, 0.25) is 0 Å². The Balaban J connectivity index is 4.67. The maximum atomic E-state index is 12.2. The summed E-state index contributed by atoms with van der Waals surface area (Å²) in [7, 11) is 0. The Kier molecular flexibility index (Phi) is 3.02. The lowest BCUT2D eigenvalue weighted by Gasteiger charge is -2.06. The summed E-state index contributed by atoms with van der Waals surface area (Å²) in [6, 6.07) is 0. The molecule has 0 aliphatic heterocycles. The maximum Gasteiger partial charge on any atom is 0.445 e. The van der Waals surface area contributed by atoms with E-state index in [1.165, 1.54) is 0 Å². The van der Waals surface area contributed by atoms with Crippen molar-refractivity contribution in [3.05, 3.63) is 11.7 Å². The fraction of sp³-hybridized carbons (Fsp3) is 0.667. The zero-order valence-corrected chi connectivity index (χ0v) is 5.97. The van der Waals surface area contributed by atoms with E-state index in [2.05, 4.69) is 0 Å². The SMILES string of the molecule is CC(C)/C(F)=C(/F)C(F)(F)F. The van der Waals surface area contributed by atoms with Crippen molar-refractivity contribution in [1.82, 2.24) is 0 Å². The van der Waals surface area contributed by atoms with Gasteiger partial charge in [0.15, 0.2) is 0 Å². The van der Waals surface area contributed by atoms with Crippen molar-refractivity contribution >= 4 is 0 Å². The summed E-state index contributed by atoms with van der Waals surface area (Å²) in [4.78, 5) is 0. The maximum absolute atomic E-state index is 12.2. The van der Waals surface area contributed by atoms with Crippen molar-refractivity contribution in [2.75, 3.05) is 0 Å². The van der Waals surface area contributed by atoms with E-state index in [4.69, 9.17) is 0 Å². The summed E-state index contributed by atoms with van der Waals surface area (Å²) in [5, 5.41) is 0. The number of hydrogen-bond acceptors (Lipinski definition) is 0. The Hall–Kier alpha value is -0.610. The van der Waals surface area contributed by atoms with Crippen molar-refractivity contribution in [2.24, 2.45) is 5.92 Å². The smallest absolute Gasteiger partial charge is 0.208 e. The highest BCUT2D eigenvalue weighted by atomic mass is 19.4. The molecule has 0 aromatic heterocycles. The van der Waals surface area contributed by atoms with Gasteiger partial charge in [-0.1, -0.05) is 13.8 Å². The molecule has 5 heteroatoms. The van der Waals surface area contributed by atoms with Crippen LogP contribution in [0.3, 0.4) is 0 Å². The lowest BCUT2D eigenvalue weighted by molar-refractivity contribution is -0.111. The van der Waals surface area contributed by atoms with E-state index in [-0.39, 0.29) is 0 Å². The Morgan fingerprint density at radius 1 is 1.09 bits per heavy atom. The summed E-state index contributed by atoms with van der Waals surface area (Å²) in [6.45, 7) is 2.28. The van der Waals surface area contributed by atoms with Crippen LogP contribution in [0.15, 0.2) is 11.7 Å². The molecule has 0 unspecified atom stereocenters. The predicted molar refractivity (Wildman–Crippen MR) is 30.1 cm³/mol. The van der Waals surface area contributed by atoms with Crippen LogP contribution < -0.4 is 0 Å². The van der Waals surface area contributed by atoms with Gasteiger partial charge in [-0.05, 0) is 0 Å². The first-order valence-electron chi connectivity index (χ1n) is 2.89. The number of alkyl halides is 3. The molecular formula is C6H7F5. The highest BCUT2D eigenvalue weighted by molar-refractivity contribution is 5.07. The lowest BCUT2D eigenvalue weighted by Crippen LogP contribution is -2.11. The molecule has 0 bridgehead atoms. The van der Waals surface area contributed by atoms with Crippen molar-refractivity contribution in [2.45, 2.75) is 20.0 Å². The first kappa shape index (κ1) is 10.4. The molecule has 0 fully saturated rings. The Morgan fingerprint density at radius 3 is 1.55 bits per heavy atom. The van der Waals surface area contributed by atoms with Gasteiger partial charge in [0.2, 0.25) is 5.83 Å². The van der Waals surface area contributed by atoms with E-state index in [9.17, 15) is 22.0 Å². The highest BCUT2D eigenvalue weighted by Gasteiger charge is 2.38. The molecule has 0 N–H and O–H groups in total. The van der Waals surface area contributed by atoms with E-state index in [0.717, 1.165) is 13.8 Å².